The molecule has 0 unspecified atom stereocenters. The third-order valence-corrected chi connectivity index (χ3v) is 3.61. The van der Waals surface area contributed by atoms with Crippen LogP contribution < -0.4 is 0 Å². The Hall–Kier alpha value is -2.23. The molecule has 4 heteroatoms. The lowest BCUT2D eigenvalue weighted by molar-refractivity contribution is 0.570. The molecule has 0 aromatic carbocycles. The molecule has 0 saturated carbocycles. The first-order valence-corrected chi connectivity index (χ1v) is 6.96. The van der Waals surface area contributed by atoms with Crippen molar-refractivity contribution in [3.8, 4) is 5.82 Å². The summed E-state index contributed by atoms with van der Waals surface area (Å²) in [5.41, 5.74) is 2.52. The fourth-order valence-corrected chi connectivity index (χ4v) is 2.26. The van der Waals surface area contributed by atoms with E-state index in [-0.39, 0.29) is 11.2 Å². The molecule has 3 aromatic rings. The topological polar surface area (TPSA) is 30.7 Å². The highest BCUT2D eigenvalue weighted by molar-refractivity contribution is 5.81. The number of fused-ring (bicyclic) bond motifs is 1. The van der Waals surface area contributed by atoms with Crippen molar-refractivity contribution in [2.75, 3.05) is 0 Å². The van der Waals surface area contributed by atoms with Crippen LogP contribution in [0.25, 0.3) is 16.7 Å². The van der Waals surface area contributed by atoms with Gasteiger partial charge in [-0.2, -0.15) is 0 Å². The molecular weight excluding hydrogens is 265 g/mol. The van der Waals surface area contributed by atoms with E-state index in [2.05, 4.69) is 36.8 Å². The highest BCUT2D eigenvalue weighted by atomic mass is 19.1. The molecule has 0 aliphatic rings. The van der Waals surface area contributed by atoms with Gasteiger partial charge in [0.05, 0.1) is 11.7 Å². The number of rotatable bonds is 1. The maximum atomic E-state index is 13.7. The quantitative estimate of drug-likeness (QED) is 0.671. The van der Waals surface area contributed by atoms with Gasteiger partial charge in [-0.05, 0) is 19.1 Å². The second kappa shape index (κ2) is 4.65. The highest BCUT2D eigenvalue weighted by Gasteiger charge is 2.16. The van der Waals surface area contributed by atoms with Crippen LogP contribution in [-0.4, -0.2) is 14.5 Å². The summed E-state index contributed by atoms with van der Waals surface area (Å²) in [5, 5.41) is 1.08. The number of aromatic nitrogens is 3. The fraction of sp³-hybridized carbons (Fsp3) is 0.294. The first kappa shape index (κ1) is 13.7. The molecule has 0 spiro atoms. The first-order valence-electron chi connectivity index (χ1n) is 6.96. The Labute approximate surface area is 123 Å². The average molecular weight is 283 g/mol. The zero-order valence-electron chi connectivity index (χ0n) is 12.7. The van der Waals surface area contributed by atoms with Crippen LogP contribution in [0, 0.1) is 12.7 Å². The third-order valence-electron chi connectivity index (χ3n) is 3.61. The van der Waals surface area contributed by atoms with Crippen molar-refractivity contribution in [3.05, 3.63) is 53.9 Å². The number of hydrogen-bond donors (Lipinski definition) is 0. The Kier molecular flexibility index (Phi) is 3.04. The molecule has 108 valence electrons. The molecule has 0 radical (unpaired) electrons. The van der Waals surface area contributed by atoms with Crippen LogP contribution in [0.1, 0.15) is 32.0 Å². The molecule has 0 amide bonds. The van der Waals surface area contributed by atoms with Crippen molar-refractivity contribution in [3.63, 3.8) is 0 Å². The summed E-state index contributed by atoms with van der Waals surface area (Å²) in [6, 6.07) is 5.54. The minimum absolute atomic E-state index is 0.00447. The Balaban J connectivity index is 2.14. The van der Waals surface area contributed by atoms with Gasteiger partial charge in [-0.25, -0.2) is 9.37 Å². The van der Waals surface area contributed by atoms with Crippen molar-refractivity contribution in [1.82, 2.24) is 14.5 Å². The van der Waals surface area contributed by atoms with E-state index in [1.165, 1.54) is 6.07 Å². The van der Waals surface area contributed by atoms with Crippen molar-refractivity contribution in [2.24, 2.45) is 0 Å². The van der Waals surface area contributed by atoms with E-state index in [4.69, 9.17) is 0 Å². The van der Waals surface area contributed by atoms with Gasteiger partial charge in [-0.1, -0.05) is 20.8 Å². The molecule has 0 saturated heterocycles. The van der Waals surface area contributed by atoms with E-state index in [1.54, 1.807) is 13.1 Å². The zero-order chi connectivity index (χ0) is 15.2. The lowest BCUT2D eigenvalue weighted by Gasteiger charge is -2.17. The second-order valence-corrected chi connectivity index (χ2v) is 6.36. The molecule has 0 bridgehead atoms. The molecule has 3 heterocycles. The van der Waals surface area contributed by atoms with Crippen LogP contribution in [0.15, 0.2) is 36.8 Å². The summed E-state index contributed by atoms with van der Waals surface area (Å²) in [6.45, 7) is 8.11. The van der Waals surface area contributed by atoms with Crippen molar-refractivity contribution in [2.45, 2.75) is 33.1 Å². The fourth-order valence-electron chi connectivity index (χ4n) is 2.26. The van der Waals surface area contributed by atoms with E-state index in [9.17, 15) is 4.39 Å². The summed E-state index contributed by atoms with van der Waals surface area (Å²) < 4.78 is 15.6. The Bertz CT molecular complexity index is 813. The van der Waals surface area contributed by atoms with Gasteiger partial charge in [0.2, 0.25) is 0 Å². The van der Waals surface area contributed by atoms with Crippen molar-refractivity contribution < 1.29 is 4.39 Å². The first-order chi connectivity index (χ1) is 9.86. The van der Waals surface area contributed by atoms with Gasteiger partial charge >= 0.3 is 0 Å². The van der Waals surface area contributed by atoms with Gasteiger partial charge in [0.15, 0.2) is 0 Å². The van der Waals surface area contributed by atoms with E-state index < -0.39 is 0 Å². The predicted molar refractivity (Wildman–Crippen MR) is 82.3 cm³/mol. The summed E-state index contributed by atoms with van der Waals surface area (Å²) >= 11 is 0. The molecule has 0 fully saturated rings. The maximum absolute atomic E-state index is 13.7. The van der Waals surface area contributed by atoms with Gasteiger partial charge < -0.3 is 0 Å². The van der Waals surface area contributed by atoms with E-state index in [0.29, 0.717) is 11.4 Å². The summed E-state index contributed by atoms with van der Waals surface area (Å²) in [5.74, 6) is 0.319. The summed E-state index contributed by atoms with van der Waals surface area (Å²) in [7, 11) is 0. The minimum Gasteiger partial charge on any atom is -0.300 e. The molecule has 21 heavy (non-hydrogen) atoms. The molecule has 3 nitrogen and oxygen atoms in total. The Morgan fingerprint density at radius 3 is 2.52 bits per heavy atom. The van der Waals surface area contributed by atoms with Crippen molar-refractivity contribution in [1.29, 1.82) is 0 Å². The summed E-state index contributed by atoms with van der Waals surface area (Å²) in [6.07, 6.45) is 5.28. The lowest BCUT2D eigenvalue weighted by Crippen LogP contribution is -2.13. The number of nitrogens with zero attached hydrogens (tertiary/aromatic N) is 3. The van der Waals surface area contributed by atoms with Crippen LogP contribution in [-0.2, 0) is 5.41 Å². The number of halogens is 1. The predicted octanol–water partition coefficient (Wildman–Crippen LogP) is 4.17. The summed E-state index contributed by atoms with van der Waals surface area (Å²) in [4.78, 5) is 8.83. The van der Waals surface area contributed by atoms with Crippen LogP contribution in [0.3, 0.4) is 0 Å². The van der Waals surface area contributed by atoms with Crippen LogP contribution in [0.4, 0.5) is 4.39 Å². The average Bonchev–Trinajstić information content (AvgIpc) is 2.84. The van der Waals surface area contributed by atoms with Gasteiger partial charge in [0.25, 0.3) is 0 Å². The largest absolute Gasteiger partial charge is 0.300 e. The number of aryl methyl sites for hydroxylation is 1. The SMILES string of the molecule is Cc1cnc(-n2ccc3cc(C(C)(C)C)ncc32)cc1F. The monoisotopic (exact) mass is 283 g/mol. The van der Waals surface area contributed by atoms with Crippen molar-refractivity contribution >= 4 is 10.9 Å². The molecule has 0 atom stereocenters. The van der Waals surface area contributed by atoms with E-state index in [1.807, 2.05) is 23.0 Å². The minimum atomic E-state index is -0.249. The van der Waals surface area contributed by atoms with Gasteiger partial charge in [0.1, 0.15) is 11.6 Å². The molecule has 0 aliphatic heterocycles. The number of hydrogen-bond acceptors (Lipinski definition) is 2. The van der Waals surface area contributed by atoms with Crippen LogP contribution in [0.5, 0.6) is 0 Å². The second-order valence-electron chi connectivity index (χ2n) is 6.36. The standard InChI is InChI=1S/C17H18FN3/c1-11-9-20-16(8-13(11)18)21-6-5-12-7-15(17(2,3)4)19-10-14(12)21/h5-10H,1-4H3. The Morgan fingerprint density at radius 1 is 1.10 bits per heavy atom. The zero-order valence-corrected chi connectivity index (χ0v) is 12.7. The van der Waals surface area contributed by atoms with Crippen LogP contribution >= 0.6 is 0 Å². The van der Waals surface area contributed by atoms with Crippen LogP contribution in [0.2, 0.25) is 0 Å². The molecule has 0 aliphatic carbocycles. The Morgan fingerprint density at radius 2 is 1.86 bits per heavy atom. The normalized spacial score (nSPS) is 12.0. The van der Waals surface area contributed by atoms with Gasteiger partial charge in [-0.15, -0.1) is 0 Å². The molecule has 0 N–H and O–H groups in total. The van der Waals surface area contributed by atoms with Gasteiger partial charge in [-0.3, -0.25) is 9.55 Å². The number of pyridine rings is 2. The molecule has 3 rings (SSSR count). The molecule has 3 aromatic heterocycles. The van der Waals surface area contributed by atoms with E-state index >= 15 is 0 Å². The lowest BCUT2D eigenvalue weighted by atomic mass is 9.91. The third kappa shape index (κ3) is 2.42. The van der Waals surface area contributed by atoms with Gasteiger partial charge in [0, 0.05) is 40.5 Å². The molecular formula is C17H18FN3. The van der Waals surface area contributed by atoms with E-state index in [0.717, 1.165) is 16.6 Å². The highest BCUT2D eigenvalue weighted by Crippen LogP contribution is 2.25. The smallest absolute Gasteiger partial charge is 0.140 e. The maximum Gasteiger partial charge on any atom is 0.140 e.